The van der Waals surface area contributed by atoms with Gasteiger partial charge >= 0.3 is 6.09 Å². The molecule has 4 fully saturated rings. The number of anilines is 2. The highest BCUT2D eigenvalue weighted by atomic mass is 19.1. The van der Waals surface area contributed by atoms with Gasteiger partial charge in [-0.25, -0.2) is 9.18 Å². The molecule has 3 aliphatic heterocycles. The van der Waals surface area contributed by atoms with Crippen LogP contribution in [0, 0.1) is 25.6 Å². The number of hydrogen-bond acceptors (Lipinski definition) is 8. The van der Waals surface area contributed by atoms with E-state index >= 15 is 4.39 Å². The molecule has 286 valence electrons. The van der Waals surface area contributed by atoms with E-state index in [4.69, 9.17) is 4.74 Å². The van der Waals surface area contributed by atoms with E-state index in [9.17, 15) is 9.59 Å². The van der Waals surface area contributed by atoms with Gasteiger partial charge in [0.15, 0.2) is 5.43 Å². The van der Waals surface area contributed by atoms with Crippen molar-refractivity contribution in [1.82, 2.24) is 24.3 Å². The number of pyridine rings is 3. The highest BCUT2D eigenvalue weighted by Gasteiger charge is 2.42. The summed E-state index contributed by atoms with van der Waals surface area (Å²) in [5.41, 5.74) is 6.23. The molecular weight excluding hydrogens is 682 g/mol. The average molecular weight is 736 g/mol. The first kappa shape index (κ1) is 36.5. The van der Waals surface area contributed by atoms with Crippen LogP contribution in [-0.2, 0) is 17.8 Å². The van der Waals surface area contributed by atoms with Crippen molar-refractivity contribution in [3.63, 3.8) is 0 Å². The van der Waals surface area contributed by atoms with E-state index in [1.807, 2.05) is 37.2 Å². The van der Waals surface area contributed by atoms with Crippen molar-refractivity contribution in [2.24, 2.45) is 5.92 Å². The summed E-state index contributed by atoms with van der Waals surface area (Å²) in [6.45, 7) is 11.5. The molecule has 4 aliphatic rings. The van der Waals surface area contributed by atoms with Crippen LogP contribution in [0.3, 0.4) is 0 Å². The molecule has 3 aromatic heterocycles. The standard InChI is InChI=1S/C43H54FN7O3/c1-4-5-19-54-43(53)50-18-13-32-25-48(17-14-39(32)50)41-22-40-37(21-38(41)44)42(52)33(27-51(40)34-10-11-34)26-49(24-31-12-15-45-30(3)20-31)36-7-6-16-47(28-36)35-9-8-29(2)46-23-35/h8-9,12,15,20-23,27,32,34,36,39H,4-7,10-11,13-14,16-19,24-26,28H2,1-3H3/t32?,36-,39?/m0/s1. The fourth-order valence-electron chi connectivity index (χ4n) is 9.05. The molecule has 1 saturated carbocycles. The van der Waals surface area contributed by atoms with Crippen LogP contribution in [0.25, 0.3) is 10.9 Å². The van der Waals surface area contributed by atoms with Crippen molar-refractivity contribution < 1.29 is 13.9 Å². The second-order valence-corrected chi connectivity index (χ2v) is 16.1. The fraction of sp³-hybridized carbons (Fsp3) is 0.535. The fourth-order valence-corrected chi connectivity index (χ4v) is 9.05. The number of benzene rings is 1. The second kappa shape index (κ2) is 15.7. The smallest absolute Gasteiger partial charge is 0.410 e. The number of likely N-dealkylation sites (tertiary alicyclic amines) is 1. The monoisotopic (exact) mass is 735 g/mol. The summed E-state index contributed by atoms with van der Waals surface area (Å²) in [4.78, 5) is 45.2. The quantitative estimate of drug-likeness (QED) is 0.148. The maximum Gasteiger partial charge on any atom is 0.410 e. The molecule has 1 aliphatic carbocycles. The first-order chi connectivity index (χ1) is 26.2. The number of amides is 1. The predicted octanol–water partition coefficient (Wildman–Crippen LogP) is 7.39. The Balaban J connectivity index is 1.07. The number of aryl methyl sites for hydroxylation is 2. The van der Waals surface area contributed by atoms with E-state index < -0.39 is 0 Å². The average Bonchev–Trinajstić information content (AvgIpc) is 3.94. The highest BCUT2D eigenvalue weighted by Crippen LogP contribution is 2.40. The minimum absolute atomic E-state index is 0.0922. The van der Waals surface area contributed by atoms with E-state index in [1.165, 1.54) is 6.07 Å². The number of piperidine rings is 2. The van der Waals surface area contributed by atoms with Crippen LogP contribution in [0.1, 0.15) is 86.8 Å². The molecule has 0 bridgehead atoms. The summed E-state index contributed by atoms with van der Waals surface area (Å²) in [6.07, 6.45) is 13.3. The molecule has 0 N–H and O–H groups in total. The lowest BCUT2D eigenvalue weighted by Crippen LogP contribution is -2.48. The largest absolute Gasteiger partial charge is 0.449 e. The van der Waals surface area contributed by atoms with E-state index in [1.54, 1.807) is 0 Å². The lowest BCUT2D eigenvalue weighted by Gasteiger charge is -2.40. The minimum atomic E-state index is -0.356. The summed E-state index contributed by atoms with van der Waals surface area (Å²) in [7, 11) is 0. The van der Waals surface area contributed by atoms with Crippen LogP contribution in [0.15, 0.2) is 59.8 Å². The lowest BCUT2D eigenvalue weighted by atomic mass is 9.92. The number of carbonyl (C=O) groups excluding carboxylic acids is 1. The van der Waals surface area contributed by atoms with E-state index in [2.05, 4.69) is 66.6 Å². The maximum atomic E-state index is 16.3. The molecule has 6 heterocycles. The molecule has 1 amide bonds. The van der Waals surface area contributed by atoms with Crippen molar-refractivity contribution >= 4 is 28.4 Å². The number of rotatable bonds is 11. The molecule has 1 aromatic carbocycles. The molecule has 0 spiro atoms. The Labute approximate surface area is 317 Å². The topological polar surface area (TPSA) is 87.0 Å². The zero-order valence-corrected chi connectivity index (χ0v) is 32.1. The van der Waals surface area contributed by atoms with E-state index in [0.29, 0.717) is 62.0 Å². The minimum Gasteiger partial charge on any atom is -0.449 e. The van der Waals surface area contributed by atoms with Gasteiger partial charge < -0.3 is 24.0 Å². The molecule has 0 radical (unpaired) electrons. The molecule has 54 heavy (non-hydrogen) atoms. The van der Waals surface area contributed by atoms with Gasteiger partial charge in [-0.2, -0.15) is 0 Å². The highest BCUT2D eigenvalue weighted by molar-refractivity contribution is 5.84. The zero-order valence-electron chi connectivity index (χ0n) is 32.1. The Morgan fingerprint density at radius 2 is 1.81 bits per heavy atom. The number of unbranched alkanes of at least 4 members (excludes halogenated alkanes) is 1. The van der Waals surface area contributed by atoms with Crippen LogP contribution in [0.4, 0.5) is 20.6 Å². The lowest BCUT2D eigenvalue weighted by molar-refractivity contribution is 0.0896. The number of ether oxygens (including phenoxy) is 1. The summed E-state index contributed by atoms with van der Waals surface area (Å²) in [6, 6.07) is 12.5. The zero-order chi connectivity index (χ0) is 37.3. The first-order valence-electron chi connectivity index (χ1n) is 20.1. The Bertz CT molecular complexity index is 2030. The number of nitrogens with zero attached hydrogens (tertiary/aromatic N) is 7. The SMILES string of the molecule is CCCCOC(=O)N1CCC2CN(c3cc4c(cc3F)c(=O)c(CN(Cc3ccnc(C)c3)[C@H]3CCCN(c5ccc(C)nc5)C3)cn4C3CC3)CCC21. The number of aromatic nitrogens is 3. The van der Waals surface area contributed by atoms with E-state index in [-0.39, 0.29) is 35.3 Å². The van der Waals surface area contributed by atoms with Crippen LogP contribution < -0.4 is 15.2 Å². The maximum absolute atomic E-state index is 16.3. The van der Waals surface area contributed by atoms with Gasteiger partial charge in [-0.1, -0.05) is 13.3 Å². The van der Waals surface area contributed by atoms with Gasteiger partial charge in [-0.15, -0.1) is 0 Å². The van der Waals surface area contributed by atoms with Gasteiger partial charge in [0.1, 0.15) is 5.82 Å². The Kier molecular flexibility index (Phi) is 10.6. The van der Waals surface area contributed by atoms with Gasteiger partial charge in [-0.05, 0) is 107 Å². The third kappa shape index (κ3) is 7.70. The summed E-state index contributed by atoms with van der Waals surface area (Å²) in [5.74, 6) is -0.0983. The molecule has 8 rings (SSSR count). The van der Waals surface area contributed by atoms with Gasteiger partial charge in [-0.3, -0.25) is 19.7 Å². The van der Waals surface area contributed by atoms with Crippen LogP contribution in [0.2, 0.25) is 0 Å². The van der Waals surface area contributed by atoms with Crippen molar-refractivity contribution in [1.29, 1.82) is 0 Å². The molecular formula is C43H54FN7O3. The van der Waals surface area contributed by atoms with Crippen LogP contribution in [-0.4, -0.2) is 81.8 Å². The number of hydrogen-bond donors (Lipinski definition) is 0. The van der Waals surface area contributed by atoms with Gasteiger partial charge in [0.05, 0.1) is 29.7 Å². The number of halogens is 1. The third-order valence-electron chi connectivity index (χ3n) is 12.1. The summed E-state index contributed by atoms with van der Waals surface area (Å²) >= 11 is 0. The number of fused-ring (bicyclic) bond motifs is 2. The van der Waals surface area contributed by atoms with Gasteiger partial charge in [0, 0.05) is 98.7 Å². The number of carbonyl (C=O) groups is 1. The molecule has 3 saturated heterocycles. The van der Waals surface area contributed by atoms with Crippen LogP contribution >= 0.6 is 0 Å². The predicted molar refractivity (Wildman–Crippen MR) is 211 cm³/mol. The van der Waals surface area contributed by atoms with E-state index in [0.717, 1.165) is 92.6 Å². The van der Waals surface area contributed by atoms with Crippen LogP contribution in [0.5, 0.6) is 0 Å². The Morgan fingerprint density at radius 3 is 2.59 bits per heavy atom. The first-order valence-corrected chi connectivity index (χ1v) is 20.1. The van der Waals surface area contributed by atoms with Gasteiger partial charge in [0.25, 0.3) is 0 Å². The van der Waals surface area contributed by atoms with Crippen molar-refractivity contribution in [2.45, 2.75) is 103 Å². The Morgan fingerprint density at radius 1 is 0.944 bits per heavy atom. The molecule has 3 atom stereocenters. The van der Waals surface area contributed by atoms with Crippen molar-refractivity contribution in [3.8, 4) is 0 Å². The molecule has 11 heteroatoms. The molecule has 10 nitrogen and oxygen atoms in total. The summed E-state index contributed by atoms with van der Waals surface area (Å²) < 4.78 is 24.1. The van der Waals surface area contributed by atoms with Gasteiger partial charge in [0.2, 0.25) is 0 Å². The van der Waals surface area contributed by atoms with Crippen molar-refractivity contribution in [2.75, 3.05) is 49.1 Å². The molecule has 2 unspecified atom stereocenters. The normalized spacial score (nSPS) is 21.6. The Hall–Kier alpha value is -4.51. The van der Waals surface area contributed by atoms with Crippen molar-refractivity contribution in [3.05, 3.63) is 93.5 Å². The summed E-state index contributed by atoms with van der Waals surface area (Å²) in [5, 5.41) is 0.452. The third-order valence-corrected chi connectivity index (χ3v) is 12.1. The molecule has 4 aromatic rings. The second-order valence-electron chi connectivity index (χ2n) is 16.1.